The predicted octanol–water partition coefficient (Wildman–Crippen LogP) is 2.57. The van der Waals surface area contributed by atoms with E-state index in [4.69, 9.17) is 10.5 Å². The molecule has 0 spiro atoms. The van der Waals surface area contributed by atoms with Crippen LogP contribution in [-0.4, -0.2) is 35.2 Å². The van der Waals surface area contributed by atoms with Gasteiger partial charge in [-0.25, -0.2) is 4.79 Å². The van der Waals surface area contributed by atoms with Gasteiger partial charge in [-0.3, -0.25) is 0 Å². The van der Waals surface area contributed by atoms with Gasteiger partial charge in [-0.15, -0.1) is 0 Å². The Morgan fingerprint density at radius 1 is 1.35 bits per heavy atom. The van der Waals surface area contributed by atoms with Crippen molar-refractivity contribution in [1.82, 2.24) is 4.90 Å². The molecule has 4 nitrogen and oxygen atoms in total. The second-order valence-electron chi connectivity index (χ2n) is 6.68. The summed E-state index contributed by atoms with van der Waals surface area (Å²) in [6.07, 6.45) is 1.33. The molecule has 1 atom stereocenters. The number of nitrogens with two attached hydrogens (primary N) is 1. The van der Waals surface area contributed by atoms with Gasteiger partial charge in [0.25, 0.3) is 0 Å². The molecule has 110 valence electrons. The Balaban J connectivity index is 1.95. The maximum absolute atomic E-state index is 12.0. The maximum Gasteiger partial charge on any atom is 0.410 e. The SMILES string of the molecule is CC(C)(C)OC(=O)N1CCC(N)(Cc2ccccc2)C1. The highest BCUT2D eigenvalue weighted by atomic mass is 16.6. The molecular formula is C16H24N2O2. The molecule has 1 heterocycles. The topological polar surface area (TPSA) is 55.6 Å². The van der Waals surface area contributed by atoms with Crippen LogP contribution in [0.1, 0.15) is 32.8 Å². The van der Waals surface area contributed by atoms with Crippen LogP contribution in [0.3, 0.4) is 0 Å². The highest BCUT2D eigenvalue weighted by molar-refractivity contribution is 5.68. The van der Waals surface area contributed by atoms with Crippen LogP contribution in [0, 0.1) is 0 Å². The summed E-state index contributed by atoms with van der Waals surface area (Å²) in [6, 6.07) is 10.2. The molecule has 1 aromatic rings. The van der Waals surface area contributed by atoms with Crippen molar-refractivity contribution in [3.63, 3.8) is 0 Å². The molecule has 0 radical (unpaired) electrons. The Labute approximate surface area is 120 Å². The smallest absolute Gasteiger partial charge is 0.410 e. The molecule has 1 aliphatic rings. The van der Waals surface area contributed by atoms with Crippen LogP contribution in [-0.2, 0) is 11.2 Å². The molecular weight excluding hydrogens is 252 g/mol. The average Bonchev–Trinajstić information content (AvgIpc) is 2.71. The molecule has 1 saturated heterocycles. The molecule has 1 aromatic carbocycles. The zero-order chi connectivity index (χ0) is 14.8. The number of rotatable bonds is 2. The van der Waals surface area contributed by atoms with Crippen LogP contribution in [0.25, 0.3) is 0 Å². The molecule has 2 N–H and O–H groups in total. The minimum Gasteiger partial charge on any atom is -0.444 e. The van der Waals surface area contributed by atoms with E-state index in [-0.39, 0.29) is 11.6 Å². The van der Waals surface area contributed by atoms with Crippen molar-refractivity contribution in [3.05, 3.63) is 35.9 Å². The molecule has 4 heteroatoms. The Bertz CT molecular complexity index is 467. The lowest BCUT2D eigenvalue weighted by Crippen LogP contribution is -2.46. The van der Waals surface area contributed by atoms with Gasteiger partial charge in [0.2, 0.25) is 0 Å². The fraction of sp³-hybridized carbons (Fsp3) is 0.562. The quantitative estimate of drug-likeness (QED) is 0.903. The number of amides is 1. The molecule has 1 fully saturated rings. The maximum atomic E-state index is 12.0. The van der Waals surface area contributed by atoms with Crippen molar-refractivity contribution in [2.45, 2.75) is 44.8 Å². The third-order valence-electron chi connectivity index (χ3n) is 3.44. The average molecular weight is 276 g/mol. The van der Waals surface area contributed by atoms with Gasteiger partial charge in [0.1, 0.15) is 5.60 Å². The summed E-state index contributed by atoms with van der Waals surface area (Å²) in [5, 5.41) is 0. The van der Waals surface area contributed by atoms with E-state index >= 15 is 0 Å². The van der Waals surface area contributed by atoms with E-state index in [1.54, 1.807) is 4.90 Å². The number of hydrogen-bond acceptors (Lipinski definition) is 3. The Morgan fingerprint density at radius 2 is 2.00 bits per heavy atom. The molecule has 1 amide bonds. The minimum absolute atomic E-state index is 0.266. The zero-order valence-corrected chi connectivity index (χ0v) is 12.6. The predicted molar refractivity (Wildman–Crippen MR) is 79.5 cm³/mol. The molecule has 0 saturated carbocycles. The van der Waals surface area contributed by atoms with E-state index in [0.717, 1.165) is 12.8 Å². The summed E-state index contributed by atoms with van der Waals surface area (Å²) in [6.45, 7) is 6.84. The standard InChI is InChI=1S/C16H24N2O2/c1-15(2,3)20-14(19)18-10-9-16(17,12-18)11-13-7-5-4-6-8-13/h4-8H,9-12,17H2,1-3H3. The van der Waals surface area contributed by atoms with Gasteiger partial charge in [0, 0.05) is 18.6 Å². The van der Waals surface area contributed by atoms with E-state index < -0.39 is 5.60 Å². The fourth-order valence-corrected chi connectivity index (χ4v) is 2.52. The van der Waals surface area contributed by atoms with Crippen LogP contribution in [0.5, 0.6) is 0 Å². The number of carbonyl (C=O) groups is 1. The van der Waals surface area contributed by atoms with Crippen LogP contribution in [0.15, 0.2) is 30.3 Å². The van der Waals surface area contributed by atoms with E-state index in [0.29, 0.717) is 13.1 Å². The Kier molecular flexibility index (Phi) is 4.04. The lowest BCUT2D eigenvalue weighted by molar-refractivity contribution is 0.0284. The van der Waals surface area contributed by atoms with Gasteiger partial charge in [-0.05, 0) is 39.2 Å². The number of benzene rings is 1. The number of hydrogen-bond donors (Lipinski definition) is 1. The van der Waals surface area contributed by atoms with E-state index in [9.17, 15) is 4.79 Å². The first-order valence-corrected chi connectivity index (χ1v) is 7.08. The van der Waals surface area contributed by atoms with Crippen molar-refractivity contribution >= 4 is 6.09 Å². The van der Waals surface area contributed by atoms with Crippen LogP contribution < -0.4 is 5.73 Å². The van der Waals surface area contributed by atoms with Crippen molar-refractivity contribution in [2.75, 3.05) is 13.1 Å². The summed E-state index contributed by atoms with van der Waals surface area (Å²) < 4.78 is 5.40. The van der Waals surface area contributed by atoms with Gasteiger partial charge >= 0.3 is 6.09 Å². The second-order valence-corrected chi connectivity index (χ2v) is 6.68. The van der Waals surface area contributed by atoms with Crippen molar-refractivity contribution in [2.24, 2.45) is 5.73 Å². The molecule has 1 aliphatic heterocycles. The number of carbonyl (C=O) groups excluding carboxylic acids is 1. The van der Waals surface area contributed by atoms with Gasteiger partial charge in [-0.2, -0.15) is 0 Å². The minimum atomic E-state index is -0.462. The summed E-state index contributed by atoms with van der Waals surface area (Å²) >= 11 is 0. The van der Waals surface area contributed by atoms with Crippen LogP contribution in [0.4, 0.5) is 4.79 Å². The van der Waals surface area contributed by atoms with Crippen molar-refractivity contribution in [1.29, 1.82) is 0 Å². The van der Waals surface area contributed by atoms with Gasteiger partial charge < -0.3 is 15.4 Å². The molecule has 1 unspecified atom stereocenters. The summed E-state index contributed by atoms with van der Waals surface area (Å²) in [5.41, 5.74) is 6.83. The molecule has 0 aliphatic carbocycles. The summed E-state index contributed by atoms with van der Waals surface area (Å²) in [7, 11) is 0. The number of ether oxygens (including phenoxy) is 1. The first kappa shape index (κ1) is 14.9. The largest absolute Gasteiger partial charge is 0.444 e. The first-order chi connectivity index (χ1) is 9.27. The first-order valence-electron chi connectivity index (χ1n) is 7.08. The zero-order valence-electron chi connectivity index (χ0n) is 12.6. The monoisotopic (exact) mass is 276 g/mol. The lowest BCUT2D eigenvalue weighted by Gasteiger charge is -2.27. The Morgan fingerprint density at radius 3 is 2.60 bits per heavy atom. The molecule has 20 heavy (non-hydrogen) atoms. The van der Waals surface area contributed by atoms with Gasteiger partial charge in [0.05, 0.1) is 0 Å². The summed E-state index contributed by atoms with van der Waals surface area (Å²) in [4.78, 5) is 13.8. The normalized spacial score (nSPS) is 22.9. The van der Waals surface area contributed by atoms with E-state index in [1.807, 2.05) is 39.0 Å². The molecule has 0 bridgehead atoms. The number of nitrogens with zero attached hydrogens (tertiary/aromatic N) is 1. The van der Waals surface area contributed by atoms with Crippen LogP contribution in [0.2, 0.25) is 0 Å². The third-order valence-corrected chi connectivity index (χ3v) is 3.44. The third kappa shape index (κ3) is 3.97. The van der Waals surface area contributed by atoms with Crippen LogP contribution >= 0.6 is 0 Å². The van der Waals surface area contributed by atoms with E-state index in [1.165, 1.54) is 5.56 Å². The lowest BCUT2D eigenvalue weighted by atomic mass is 9.91. The number of likely N-dealkylation sites (tertiary alicyclic amines) is 1. The van der Waals surface area contributed by atoms with Crippen molar-refractivity contribution < 1.29 is 9.53 Å². The second kappa shape index (κ2) is 5.44. The fourth-order valence-electron chi connectivity index (χ4n) is 2.52. The highest BCUT2D eigenvalue weighted by Crippen LogP contribution is 2.24. The molecule has 2 rings (SSSR count). The highest BCUT2D eigenvalue weighted by Gasteiger charge is 2.38. The van der Waals surface area contributed by atoms with Crippen molar-refractivity contribution in [3.8, 4) is 0 Å². The van der Waals surface area contributed by atoms with Gasteiger partial charge in [-0.1, -0.05) is 30.3 Å². The van der Waals surface area contributed by atoms with Gasteiger partial charge in [0.15, 0.2) is 0 Å². The molecule has 0 aromatic heterocycles. The summed E-state index contributed by atoms with van der Waals surface area (Å²) in [5.74, 6) is 0. The van der Waals surface area contributed by atoms with E-state index in [2.05, 4.69) is 12.1 Å². The Hall–Kier alpha value is -1.55.